The molecule has 5 rings (SSSR count). The first-order valence-electron chi connectivity index (χ1n) is 12.4. The van der Waals surface area contributed by atoms with Gasteiger partial charge in [0.2, 0.25) is 5.78 Å². The van der Waals surface area contributed by atoms with Crippen molar-refractivity contribution >= 4 is 39.9 Å². The standard InChI is InChI=1S/C27H27IO12/c1-9-20(31)25(36)19(28)26(39-9)40-13-7-27(37,14(30)8-29)6-11-16(13)24(35)18-17(22(11)33)21(32)10-4-3-5-12(38-2)15(10)23(18)34/h3-5,9,13,19-20,25-26,29,31,33,35-37H,6-8H2,1-2H3. The van der Waals surface area contributed by atoms with Crippen LogP contribution in [-0.2, 0) is 20.7 Å². The molecule has 1 heterocycles. The van der Waals surface area contributed by atoms with Crippen LogP contribution in [0.3, 0.4) is 0 Å². The Balaban J connectivity index is 1.70. The number of hydrogen-bond donors (Lipinski definition) is 6. The molecule has 2 aliphatic carbocycles. The highest BCUT2D eigenvalue weighted by Crippen LogP contribution is 2.52. The lowest BCUT2D eigenvalue weighted by molar-refractivity contribution is -0.259. The first kappa shape index (κ1) is 28.9. The summed E-state index contributed by atoms with van der Waals surface area (Å²) in [5.41, 5.74) is -3.84. The molecule has 13 heteroatoms. The molecular formula is C27H27IO12. The van der Waals surface area contributed by atoms with E-state index in [1.807, 2.05) is 0 Å². The van der Waals surface area contributed by atoms with Gasteiger partial charge < -0.3 is 44.8 Å². The van der Waals surface area contributed by atoms with Crippen molar-refractivity contribution in [3.8, 4) is 17.2 Å². The third-order valence-electron chi connectivity index (χ3n) is 7.80. The zero-order chi connectivity index (χ0) is 29.3. The summed E-state index contributed by atoms with van der Waals surface area (Å²) in [7, 11) is 1.31. The van der Waals surface area contributed by atoms with Crippen LogP contribution in [0.1, 0.15) is 62.4 Å². The Morgan fingerprint density at radius 2 is 1.77 bits per heavy atom. The maximum atomic E-state index is 13.7. The summed E-state index contributed by atoms with van der Waals surface area (Å²) in [5, 5.41) is 64.3. The van der Waals surface area contributed by atoms with Crippen LogP contribution in [0, 0.1) is 0 Å². The van der Waals surface area contributed by atoms with Gasteiger partial charge in [-0.25, -0.2) is 0 Å². The number of fused-ring (bicyclic) bond motifs is 3. The van der Waals surface area contributed by atoms with E-state index in [4.69, 9.17) is 14.2 Å². The largest absolute Gasteiger partial charge is 0.507 e. The minimum absolute atomic E-state index is 0.0679. The predicted molar refractivity (Wildman–Crippen MR) is 143 cm³/mol. The molecule has 40 heavy (non-hydrogen) atoms. The van der Waals surface area contributed by atoms with Gasteiger partial charge in [0.25, 0.3) is 0 Å². The van der Waals surface area contributed by atoms with Crippen LogP contribution in [0.5, 0.6) is 17.2 Å². The fourth-order valence-corrected chi connectivity index (χ4v) is 6.42. The first-order valence-corrected chi connectivity index (χ1v) is 13.7. The monoisotopic (exact) mass is 670 g/mol. The maximum Gasteiger partial charge on any atom is 0.202 e. The third kappa shape index (κ3) is 4.22. The molecule has 0 radical (unpaired) electrons. The molecule has 0 bridgehead atoms. The number of phenolic OH excluding ortho intramolecular Hbond substituents is 2. The molecule has 2 aromatic carbocycles. The van der Waals surface area contributed by atoms with Crippen molar-refractivity contribution in [3.63, 3.8) is 0 Å². The van der Waals surface area contributed by atoms with Crippen LogP contribution in [-0.4, -0.2) is 95.8 Å². The molecular weight excluding hydrogens is 643 g/mol. The lowest BCUT2D eigenvalue weighted by Crippen LogP contribution is -2.55. The van der Waals surface area contributed by atoms with Crippen LogP contribution in [0.2, 0.25) is 0 Å². The second-order valence-corrected chi connectivity index (χ2v) is 11.6. The molecule has 214 valence electrons. The number of rotatable bonds is 5. The number of carbonyl (C=O) groups is 3. The Labute approximate surface area is 241 Å². The van der Waals surface area contributed by atoms with E-state index in [-0.39, 0.29) is 28.0 Å². The highest BCUT2D eigenvalue weighted by Gasteiger charge is 2.51. The molecule has 2 aromatic rings. The summed E-state index contributed by atoms with van der Waals surface area (Å²) in [5.74, 6) is -3.93. The molecule has 0 saturated carbocycles. The number of halogens is 1. The quantitative estimate of drug-likeness (QED) is 0.125. The van der Waals surface area contributed by atoms with Gasteiger partial charge in [-0.3, -0.25) is 14.4 Å². The molecule has 12 nitrogen and oxygen atoms in total. The summed E-state index contributed by atoms with van der Waals surface area (Å²) >= 11 is 1.81. The Morgan fingerprint density at radius 1 is 1.10 bits per heavy atom. The predicted octanol–water partition coefficient (Wildman–Crippen LogP) is 0.448. The second kappa shape index (κ2) is 10.3. The van der Waals surface area contributed by atoms with E-state index in [1.54, 1.807) is 22.6 Å². The van der Waals surface area contributed by atoms with Gasteiger partial charge in [0.05, 0.1) is 46.0 Å². The van der Waals surface area contributed by atoms with Gasteiger partial charge in [0.1, 0.15) is 35.6 Å². The summed E-state index contributed by atoms with van der Waals surface area (Å²) < 4.78 is 16.2. The summed E-state index contributed by atoms with van der Waals surface area (Å²) in [4.78, 5) is 39.8. The summed E-state index contributed by atoms with van der Waals surface area (Å²) in [6.45, 7) is 0.458. The highest BCUT2D eigenvalue weighted by atomic mass is 127. The Bertz CT molecular complexity index is 1420. The third-order valence-corrected chi connectivity index (χ3v) is 9.13. The molecule has 0 spiro atoms. The van der Waals surface area contributed by atoms with E-state index >= 15 is 0 Å². The number of ether oxygens (including phenoxy) is 3. The number of ketones is 3. The maximum absolute atomic E-state index is 13.7. The van der Waals surface area contributed by atoms with Crippen LogP contribution in [0.4, 0.5) is 0 Å². The topological polar surface area (TPSA) is 200 Å². The number of Topliss-reactive ketones (excluding diaryl/α,β-unsaturated/α-hetero) is 1. The normalized spacial score (nSPS) is 31.3. The van der Waals surface area contributed by atoms with Crippen molar-refractivity contribution in [2.45, 2.75) is 60.0 Å². The van der Waals surface area contributed by atoms with Crippen molar-refractivity contribution < 1.29 is 59.2 Å². The van der Waals surface area contributed by atoms with Gasteiger partial charge in [0.15, 0.2) is 17.9 Å². The van der Waals surface area contributed by atoms with Gasteiger partial charge in [-0.2, -0.15) is 0 Å². The van der Waals surface area contributed by atoms with Crippen molar-refractivity contribution in [2.75, 3.05) is 13.7 Å². The lowest BCUT2D eigenvalue weighted by Gasteiger charge is -2.43. The van der Waals surface area contributed by atoms with E-state index in [2.05, 4.69) is 0 Å². The molecule has 1 saturated heterocycles. The van der Waals surface area contributed by atoms with Crippen molar-refractivity contribution in [1.29, 1.82) is 0 Å². The van der Waals surface area contributed by atoms with Gasteiger partial charge in [-0.15, -0.1) is 0 Å². The summed E-state index contributed by atoms with van der Waals surface area (Å²) in [6.07, 6.45) is -7.14. The molecule has 0 aromatic heterocycles. The molecule has 1 fully saturated rings. The van der Waals surface area contributed by atoms with E-state index < -0.39 is 99.7 Å². The number of aromatic hydroxyl groups is 2. The molecule has 1 aliphatic heterocycles. The van der Waals surface area contributed by atoms with Crippen LogP contribution < -0.4 is 4.74 Å². The van der Waals surface area contributed by atoms with E-state index in [0.717, 1.165) is 0 Å². The van der Waals surface area contributed by atoms with Gasteiger partial charge >= 0.3 is 0 Å². The molecule has 3 aliphatic rings. The van der Waals surface area contributed by atoms with Gasteiger partial charge in [0, 0.05) is 29.5 Å². The minimum atomic E-state index is -2.29. The van der Waals surface area contributed by atoms with Crippen LogP contribution in [0.25, 0.3) is 0 Å². The van der Waals surface area contributed by atoms with E-state index in [0.29, 0.717) is 0 Å². The smallest absolute Gasteiger partial charge is 0.202 e. The van der Waals surface area contributed by atoms with E-state index in [1.165, 1.54) is 32.2 Å². The minimum Gasteiger partial charge on any atom is -0.507 e. The SMILES string of the molecule is COc1cccc2c1C(=O)c1c(O)c3c(c(O)c1C2=O)CC(O)(C(=O)CO)CC3OC1OC(C)C(O)C(O)C1I. The van der Waals surface area contributed by atoms with Gasteiger partial charge in [-0.1, -0.05) is 34.7 Å². The summed E-state index contributed by atoms with van der Waals surface area (Å²) in [6, 6.07) is 4.33. The number of aliphatic hydroxyl groups excluding tert-OH is 3. The van der Waals surface area contributed by atoms with Crippen molar-refractivity contribution in [2.24, 2.45) is 0 Å². The zero-order valence-electron chi connectivity index (χ0n) is 21.3. The molecule has 7 atom stereocenters. The molecule has 0 amide bonds. The number of carbonyl (C=O) groups excluding carboxylic acids is 3. The number of alkyl halides is 1. The number of aliphatic hydroxyl groups is 4. The number of phenols is 2. The molecule has 6 N–H and O–H groups in total. The van der Waals surface area contributed by atoms with Crippen molar-refractivity contribution in [3.05, 3.63) is 51.6 Å². The molecule has 7 unspecified atom stereocenters. The highest BCUT2D eigenvalue weighted by molar-refractivity contribution is 14.1. The zero-order valence-corrected chi connectivity index (χ0v) is 23.5. The lowest BCUT2D eigenvalue weighted by atomic mass is 9.72. The average molecular weight is 670 g/mol. The fraction of sp³-hybridized carbons (Fsp3) is 0.444. The fourth-order valence-electron chi connectivity index (χ4n) is 5.66. The Morgan fingerprint density at radius 3 is 2.42 bits per heavy atom. The van der Waals surface area contributed by atoms with Crippen LogP contribution in [0.15, 0.2) is 18.2 Å². The number of hydrogen-bond acceptors (Lipinski definition) is 12. The van der Waals surface area contributed by atoms with Gasteiger partial charge in [-0.05, 0) is 13.0 Å². The Kier molecular flexibility index (Phi) is 7.44. The van der Waals surface area contributed by atoms with Crippen LogP contribution >= 0.6 is 22.6 Å². The number of methoxy groups -OCH3 is 1. The van der Waals surface area contributed by atoms with E-state index in [9.17, 15) is 45.0 Å². The average Bonchev–Trinajstić information content (AvgIpc) is 2.94. The number of benzene rings is 2. The van der Waals surface area contributed by atoms with Crippen molar-refractivity contribution in [1.82, 2.24) is 0 Å². The second-order valence-electron chi connectivity index (χ2n) is 10.1. The first-order chi connectivity index (χ1) is 18.9. The Hall–Kier alpha value is -2.66.